The zero-order valence-corrected chi connectivity index (χ0v) is 20.2. The van der Waals surface area contributed by atoms with Gasteiger partial charge in [0.1, 0.15) is 5.75 Å². The van der Waals surface area contributed by atoms with Gasteiger partial charge in [-0.15, -0.1) is 11.8 Å². The van der Waals surface area contributed by atoms with Crippen molar-refractivity contribution >= 4 is 40.2 Å². The van der Waals surface area contributed by atoms with Crippen LogP contribution in [0.3, 0.4) is 0 Å². The van der Waals surface area contributed by atoms with Gasteiger partial charge >= 0.3 is 12.0 Å². The van der Waals surface area contributed by atoms with Crippen molar-refractivity contribution in [3.05, 3.63) is 36.0 Å². The average Bonchev–Trinajstić information content (AvgIpc) is 3.22. The Kier molecular flexibility index (Phi) is 9.23. The molecule has 2 N–H and O–H groups in total. The molecular formula is C23H31N3O4S2. The van der Waals surface area contributed by atoms with Crippen LogP contribution in [0.15, 0.2) is 34.7 Å². The van der Waals surface area contributed by atoms with Crippen LogP contribution in [-0.2, 0) is 11.2 Å². The van der Waals surface area contributed by atoms with E-state index in [1.807, 2.05) is 24.0 Å². The van der Waals surface area contributed by atoms with Crippen LogP contribution in [0.5, 0.6) is 5.75 Å². The Balaban J connectivity index is 1.63. The van der Waals surface area contributed by atoms with Gasteiger partial charge in [0.05, 0.1) is 22.8 Å². The summed E-state index contributed by atoms with van der Waals surface area (Å²) < 4.78 is 6.29. The Morgan fingerprint density at radius 3 is 2.62 bits per heavy atom. The fourth-order valence-corrected chi connectivity index (χ4v) is 5.43. The number of nitrogens with one attached hydrogen (secondary N) is 1. The van der Waals surface area contributed by atoms with Crippen LogP contribution in [0.1, 0.15) is 45.1 Å². The SMILES string of the molecule is CCOc1ccc(CCN(C(=O)Nc2ncc(SCC(=O)O)s2)[C@H]2CC[C@H](C)CC2)cc1. The van der Waals surface area contributed by atoms with Gasteiger partial charge in [-0.1, -0.05) is 30.4 Å². The molecule has 1 aromatic heterocycles. The van der Waals surface area contributed by atoms with Gasteiger partial charge < -0.3 is 14.7 Å². The summed E-state index contributed by atoms with van der Waals surface area (Å²) in [7, 11) is 0. The minimum Gasteiger partial charge on any atom is -0.494 e. The summed E-state index contributed by atoms with van der Waals surface area (Å²) in [4.78, 5) is 30.2. The lowest BCUT2D eigenvalue weighted by Crippen LogP contribution is -2.45. The maximum Gasteiger partial charge on any atom is 0.323 e. The van der Waals surface area contributed by atoms with E-state index >= 15 is 0 Å². The predicted octanol–water partition coefficient (Wildman–Crippen LogP) is 5.37. The third-order valence-electron chi connectivity index (χ3n) is 5.60. The number of hydrogen-bond donors (Lipinski definition) is 2. The van der Waals surface area contributed by atoms with Crippen molar-refractivity contribution in [2.75, 3.05) is 24.2 Å². The van der Waals surface area contributed by atoms with Gasteiger partial charge in [-0.3, -0.25) is 10.1 Å². The maximum atomic E-state index is 13.2. The van der Waals surface area contributed by atoms with E-state index in [0.717, 1.165) is 47.6 Å². The van der Waals surface area contributed by atoms with E-state index in [4.69, 9.17) is 9.84 Å². The number of rotatable bonds is 10. The Morgan fingerprint density at radius 2 is 1.97 bits per heavy atom. The number of amides is 2. The summed E-state index contributed by atoms with van der Waals surface area (Å²) in [5.41, 5.74) is 1.16. The number of ether oxygens (including phenoxy) is 1. The third-order valence-corrected chi connectivity index (χ3v) is 7.69. The summed E-state index contributed by atoms with van der Waals surface area (Å²) in [5.74, 6) is 0.660. The van der Waals surface area contributed by atoms with Crippen LogP contribution in [0.4, 0.5) is 9.93 Å². The Hall–Kier alpha value is -2.26. The van der Waals surface area contributed by atoms with Crippen LogP contribution in [0.25, 0.3) is 0 Å². The molecule has 2 amide bonds. The number of carbonyl (C=O) groups is 2. The second-order valence-corrected chi connectivity index (χ2v) is 10.3. The quantitative estimate of drug-likeness (QED) is 0.447. The fraction of sp³-hybridized carbons (Fsp3) is 0.522. The molecule has 0 unspecified atom stereocenters. The van der Waals surface area contributed by atoms with E-state index in [0.29, 0.717) is 24.2 Å². The van der Waals surface area contributed by atoms with Crippen molar-refractivity contribution in [3.8, 4) is 5.75 Å². The normalized spacial score (nSPS) is 18.2. The number of hydrogen-bond acceptors (Lipinski definition) is 6. The topological polar surface area (TPSA) is 91.8 Å². The van der Waals surface area contributed by atoms with Crippen LogP contribution in [0, 0.1) is 5.92 Å². The molecule has 1 fully saturated rings. The molecule has 0 atom stereocenters. The number of thiazole rings is 1. The highest BCUT2D eigenvalue weighted by Crippen LogP contribution is 2.30. The van der Waals surface area contributed by atoms with Crippen molar-refractivity contribution in [2.24, 2.45) is 5.92 Å². The maximum absolute atomic E-state index is 13.2. The number of carbonyl (C=O) groups excluding carboxylic acids is 1. The number of thioether (sulfide) groups is 1. The fourth-order valence-electron chi connectivity index (χ4n) is 3.85. The molecule has 3 rings (SSSR count). The van der Waals surface area contributed by atoms with Crippen molar-refractivity contribution in [2.45, 2.75) is 56.2 Å². The molecule has 1 aliphatic carbocycles. The molecular weight excluding hydrogens is 446 g/mol. The average molecular weight is 478 g/mol. The molecule has 0 saturated heterocycles. The highest BCUT2D eigenvalue weighted by atomic mass is 32.2. The molecule has 32 heavy (non-hydrogen) atoms. The molecule has 1 heterocycles. The Bertz CT molecular complexity index is 880. The van der Waals surface area contributed by atoms with Gasteiger partial charge in [0, 0.05) is 12.6 Å². The second-order valence-electron chi connectivity index (χ2n) is 8.03. The number of anilines is 1. The third kappa shape index (κ3) is 7.41. The first kappa shape index (κ1) is 24.4. The number of aromatic nitrogens is 1. The number of nitrogens with zero attached hydrogens (tertiary/aromatic N) is 2. The first-order valence-corrected chi connectivity index (χ1v) is 12.8. The van der Waals surface area contributed by atoms with Gasteiger partial charge in [0.15, 0.2) is 5.13 Å². The van der Waals surface area contributed by atoms with Crippen LogP contribution in [0.2, 0.25) is 0 Å². The molecule has 174 valence electrons. The molecule has 1 aromatic carbocycles. The van der Waals surface area contributed by atoms with E-state index in [1.165, 1.54) is 23.1 Å². The molecule has 2 aromatic rings. The van der Waals surface area contributed by atoms with Gasteiger partial charge in [-0.05, 0) is 62.6 Å². The van der Waals surface area contributed by atoms with E-state index < -0.39 is 5.97 Å². The Morgan fingerprint density at radius 1 is 1.25 bits per heavy atom. The van der Waals surface area contributed by atoms with E-state index in [1.54, 1.807) is 6.20 Å². The summed E-state index contributed by atoms with van der Waals surface area (Å²) in [6.07, 6.45) is 6.66. The van der Waals surface area contributed by atoms with E-state index in [9.17, 15) is 9.59 Å². The van der Waals surface area contributed by atoms with Gasteiger partial charge in [-0.2, -0.15) is 0 Å². The zero-order valence-electron chi connectivity index (χ0n) is 18.6. The van der Waals surface area contributed by atoms with Gasteiger partial charge in [0.25, 0.3) is 0 Å². The van der Waals surface area contributed by atoms with Crippen molar-refractivity contribution in [1.29, 1.82) is 0 Å². The minimum absolute atomic E-state index is 0.0238. The first-order chi connectivity index (χ1) is 15.4. The first-order valence-electron chi connectivity index (χ1n) is 11.0. The number of carboxylic acids is 1. The number of aliphatic carboxylic acids is 1. The molecule has 0 radical (unpaired) electrons. The molecule has 7 nitrogen and oxygen atoms in total. The standard InChI is InChI=1S/C23H31N3O4S2/c1-3-30-19-10-6-17(7-11-19)12-13-26(18-8-4-16(2)5-9-18)23(29)25-22-24-14-21(32-22)31-15-20(27)28/h6-7,10-11,14,16,18H,3-5,8-9,12-13,15H2,1-2H3,(H,27,28)(H,24,25,29)/t16-,18-. The highest BCUT2D eigenvalue weighted by molar-refractivity contribution is 8.01. The summed E-state index contributed by atoms with van der Waals surface area (Å²) in [6.45, 7) is 5.50. The molecule has 0 aliphatic heterocycles. The lowest BCUT2D eigenvalue weighted by Gasteiger charge is -2.36. The monoisotopic (exact) mass is 477 g/mol. The van der Waals surface area contributed by atoms with Crippen LogP contribution in [-0.4, -0.2) is 51.9 Å². The minimum atomic E-state index is -0.874. The van der Waals surface area contributed by atoms with Crippen molar-refractivity contribution < 1.29 is 19.4 Å². The predicted molar refractivity (Wildman–Crippen MR) is 129 cm³/mol. The van der Waals surface area contributed by atoms with Crippen molar-refractivity contribution in [3.63, 3.8) is 0 Å². The lowest BCUT2D eigenvalue weighted by molar-refractivity contribution is -0.133. The molecule has 1 aliphatic rings. The van der Waals surface area contributed by atoms with Gasteiger partial charge in [0.2, 0.25) is 0 Å². The molecule has 1 saturated carbocycles. The van der Waals surface area contributed by atoms with Crippen LogP contribution >= 0.6 is 23.1 Å². The zero-order chi connectivity index (χ0) is 22.9. The summed E-state index contributed by atoms with van der Waals surface area (Å²) >= 11 is 2.51. The van der Waals surface area contributed by atoms with Gasteiger partial charge in [-0.25, -0.2) is 9.78 Å². The number of carboxylic acid groups (broad SMARTS) is 1. The summed E-state index contributed by atoms with van der Waals surface area (Å²) in [6, 6.07) is 8.12. The highest BCUT2D eigenvalue weighted by Gasteiger charge is 2.28. The number of benzene rings is 1. The van der Waals surface area contributed by atoms with E-state index in [2.05, 4.69) is 29.4 Å². The largest absolute Gasteiger partial charge is 0.494 e. The van der Waals surface area contributed by atoms with E-state index in [-0.39, 0.29) is 17.8 Å². The van der Waals surface area contributed by atoms with Crippen molar-refractivity contribution in [1.82, 2.24) is 9.88 Å². The van der Waals surface area contributed by atoms with Crippen LogP contribution < -0.4 is 10.1 Å². The molecule has 0 spiro atoms. The molecule has 0 bridgehead atoms. The lowest BCUT2D eigenvalue weighted by atomic mass is 9.86. The molecule has 9 heteroatoms. The second kappa shape index (κ2) is 12.1. The number of urea groups is 1. The Labute approximate surface area is 197 Å². The summed E-state index contributed by atoms with van der Waals surface area (Å²) in [5, 5.41) is 12.3. The smallest absolute Gasteiger partial charge is 0.323 e.